The number of aryl methyl sites for hydroxylation is 1. The summed E-state index contributed by atoms with van der Waals surface area (Å²) in [4.78, 5) is 26.8. The predicted octanol–water partition coefficient (Wildman–Crippen LogP) is 2.80. The van der Waals surface area contributed by atoms with Crippen LogP contribution in [-0.2, 0) is 9.59 Å². The lowest BCUT2D eigenvalue weighted by Gasteiger charge is -2.23. The minimum Gasteiger partial charge on any atom is -0.324 e. The molecule has 1 aliphatic heterocycles. The number of thioether (sulfide) groups is 1. The number of amides is 2. The van der Waals surface area contributed by atoms with E-state index in [0.29, 0.717) is 17.5 Å². The van der Waals surface area contributed by atoms with Crippen LogP contribution < -0.4 is 5.32 Å². The molecule has 1 aromatic carbocycles. The van der Waals surface area contributed by atoms with Crippen LogP contribution in [0.25, 0.3) is 0 Å². The number of benzene rings is 1. The third-order valence-electron chi connectivity index (χ3n) is 4.76. The molecule has 0 bridgehead atoms. The first kappa shape index (κ1) is 15.4. The van der Waals surface area contributed by atoms with E-state index in [1.807, 2.05) is 32.0 Å². The van der Waals surface area contributed by atoms with Crippen LogP contribution in [0.4, 0.5) is 5.69 Å². The molecule has 0 radical (unpaired) electrons. The van der Waals surface area contributed by atoms with Gasteiger partial charge >= 0.3 is 0 Å². The van der Waals surface area contributed by atoms with Gasteiger partial charge in [0, 0.05) is 17.4 Å². The summed E-state index contributed by atoms with van der Waals surface area (Å²) in [5.41, 5.74) is 3.07. The van der Waals surface area contributed by atoms with Gasteiger partial charge in [-0.3, -0.25) is 9.59 Å². The van der Waals surface area contributed by atoms with Gasteiger partial charge < -0.3 is 10.2 Å². The van der Waals surface area contributed by atoms with E-state index in [1.54, 1.807) is 16.7 Å². The first-order chi connectivity index (χ1) is 10.5. The second kappa shape index (κ2) is 5.95. The molecule has 1 N–H and O–H groups in total. The second-order valence-corrected chi connectivity index (χ2v) is 7.38. The maximum Gasteiger partial charge on any atom is 0.248 e. The molecule has 118 valence electrons. The average Bonchev–Trinajstić information content (AvgIpc) is 3.02. The fourth-order valence-electron chi connectivity index (χ4n) is 2.86. The van der Waals surface area contributed by atoms with E-state index in [0.717, 1.165) is 23.2 Å². The van der Waals surface area contributed by atoms with Gasteiger partial charge in [-0.15, -0.1) is 11.8 Å². The highest BCUT2D eigenvalue weighted by Crippen LogP contribution is 2.41. The van der Waals surface area contributed by atoms with Gasteiger partial charge in [0.05, 0.1) is 5.88 Å². The number of anilines is 1. The third kappa shape index (κ3) is 2.86. The van der Waals surface area contributed by atoms with E-state index >= 15 is 0 Å². The van der Waals surface area contributed by atoms with Crippen LogP contribution >= 0.6 is 11.8 Å². The third-order valence-corrected chi connectivity index (χ3v) is 5.77. The molecule has 3 unspecified atom stereocenters. The second-order valence-electron chi connectivity index (χ2n) is 6.38. The number of nitrogens with zero attached hydrogens (tertiary/aromatic N) is 1. The predicted molar refractivity (Wildman–Crippen MR) is 89.8 cm³/mol. The first-order valence-corrected chi connectivity index (χ1v) is 8.90. The molecule has 1 aliphatic carbocycles. The summed E-state index contributed by atoms with van der Waals surface area (Å²) in [5, 5.41) is 3.00. The number of nitrogens with one attached hydrogen (secondary N) is 1. The summed E-state index contributed by atoms with van der Waals surface area (Å²) in [5.74, 6) is 2.01. The smallest absolute Gasteiger partial charge is 0.248 e. The summed E-state index contributed by atoms with van der Waals surface area (Å²) >= 11 is 1.66. The van der Waals surface area contributed by atoms with Crippen LogP contribution in [-0.4, -0.2) is 34.4 Å². The molecule has 3 rings (SSSR count). The average molecular weight is 318 g/mol. The molecule has 1 aromatic rings. The summed E-state index contributed by atoms with van der Waals surface area (Å²) in [6, 6.07) is 5.54. The van der Waals surface area contributed by atoms with Crippen LogP contribution in [0.1, 0.15) is 24.5 Å². The maximum absolute atomic E-state index is 12.6. The Morgan fingerprint density at radius 1 is 1.32 bits per heavy atom. The number of hydrogen-bond donors (Lipinski definition) is 1. The summed E-state index contributed by atoms with van der Waals surface area (Å²) in [7, 11) is 0. The lowest BCUT2D eigenvalue weighted by atomic mass is 10.1. The quantitative estimate of drug-likeness (QED) is 0.932. The topological polar surface area (TPSA) is 49.4 Å². The molecule has 2 fully saturated rings. The summed E-state index contributed by atoms with van der Waals surface area (Å²) in [6.07, 6.45) is 0.964. The van der Waals surface area contributed by atoms with Gasteiger partial charge in [0.2, 0.25) is 11.8 Å². The minimum absolute atomic E-state index is 0.0691. The Kier molecular flexibility index (Phi) is 4.17. The van der Waals surface area contributed by atoms with E-state index in [4.69, 9.17) is 0 Å². The largest absolute Gasteiger partial charge is 0.324 e. The molecule has 2 aliphatic rings. The van der Waals surface area contributed by atoms with Crippen molar-refractivity contribution in [3.63, 3.8) is 0 Å². The SMILES string of the molecule is Cc1cccc(NC(=O)C2CSCN2C(=O)C2CC2C)c1C. The number of hydrogen-bond acceptors (Lipinski definition) is 3. The molecular formula is C17H22N2O2S. The van der Waals surface area contributed by atoms with Gasteiger partial charge in [-0.05, 0) is 43.4 Å². The monoisotopic (exact) mass is 318 g/mol. The van der Waals surface area contributed by atoms with Crippen molar-refractivity contribution in [2.45, 2.75) is 33.2 Å². The number of carbonyl (C=O) groups excluding carboxylic acids is 2. The van der Waals surface area contributed by atoms with Crippen molar-refractivity contribution >= 4 is 29.3 Å². The molecule has 0 aromatic heterocycles. The molecule has 1 heterocycles. The first-order valence-electron chi connectivity index (χ1n) is 7.74. The molecule has 4 nitrogen and oxygen atoms in total. The van der Waals surface area contributed by atoms with Crippen LogP contribution in [0.5, 0.6) is 0 Å². The normalized spacial score (nSPS) is 26.9. The zero-order chi connectivity index (χ0) is 15.9. The zero-order valence-corrected chi connectivity index (χ0v) is 14.1. The highest BCUT2D eigenvalue weighted by Gasteiger charge is 2.45. The van der Waals surface area contributed by atoms with Gasteiger partial charge in [-0.25, -0.2) is 0 Å². The van der Waals surface area contributed by atoms with E-state index in [9.17, 15) is 9.59 Å². The van der Waals surface area contributed by atoms with Crippen molar-refractivity contribution in [2.24, 2.45) is 11.8 Å². The Balaban J connectivity index is 1.71. The van der Waals surface area contributed by atoms with E-state index < -0.39 is 0 Å². The molecule has 5 heteroatoms. The molecule has 1 saturated heterocycles. The Labute approximate surface area is 135 Å². The summed E-state index contributed by atoms with van der Waals surface area (Å²) in [6.45, 7) is 6.13. The van der Waals surface area contributed by atoms with Crippen LogP contribution in [0.2, 0.25) is 0 Å². The van der Waals surface area contributed by atoms with Crippen molar-refractivity contribution in [3.8, 4) is 0 Å². The van der Waals surface area contributed by atoms with Gasteiger partial charge in [0.25, 0.3) is 0 Å². The Morgan fingerprint density at radius 3 is 2.73 bits per heavy atom. The standard InChI is InChI=1S/C17H22N2O2S/c1-10-5-4-6-14(12(10)3)18-16(20)15-8-22-9-19(15)17(21)13-7-11(13)2/h4-6,11,13,15H,7-9H2,1-3H3,(H,18,20). The highest BCUT2D eigenvalue weighted by molar-refractivity contribution is 7.99. The Morgan fingerprint density at radius 2 is 2.05 bits per heavy atom. The Hall–Kier alpha value is -1.49. The molecule has 1 saturated carbocycles. The lowest BCUT2D eigenvalue weighted by molar-refractivity contribution is -0.137. The zero-order valence-electron chi connectivity index (χ0n) is 13.3. The summed E-state index contributed by atoms with van der Waals surface area (Å²) < 4.78 is 0. The Bertz CT molecular complexity index is 617. The van der Waals surface area contributed by atoms with E-state index in [2.05, 4.69) is 12.2 Å². The fraction of sp³-hybridized carbons (Fsp3) is 0.529. The van der Waals surface area contributed by atoms with Gasteiger partial charge in [-0.2, -0.15) is 0 Å². The molecule has 3 atom stereocenters. The van der Waals surface area contributed by atoms with Gasteiger partial charge in [-0.1, -0.05) is 19.1 Å². The number of carbonyl (C=O) groups is 2. The highest BCUT2D eigenvalue weighted by atomic mass is 32.2. The van der Waals surface area contributed by atoms with Crippen LogP contribution in [0.3, 0.4) is 0 Å². The fourth-order valence-corrected chi connectivity index (χ4v) is 4.02. The van der Waals surface area contributed by atoms with E-state index in [1.165, 1.54) is 0 Å². The van der Waals surface area contributed by atoms with Crippen molar-refractivity contribution < 1.29 is 9.59 Å². The molecular weight excluding hydrogens is 296 g/mol. The lowest BCUT2D eigenvalue weighted by Crippen LogP contribution is -2.45. The molecule has 0 spiro atoms. The van der Waals surface area contributed by atoms with Crippen molar-refractivity contribution in [2.75, 3.05) is 16.9 Å². The van der Waals surface area contributed by atoms with Crippen LogP contribution in [0, 0.1) is 25.7 Å². The van der Waals surface area contributed by atoms with Crippen molar-refractivity contribution in [1.82, 2.24) is 4.90 Å². The van der Waals surface area contributed by atoms with Crippen LogP contribution in [0.15, 0.2) is 18.2 Å². The minimum atomic E-state index is -0.342. The maximum atomic E-state index is 12.6. The van der Waals surface area contributed by atoms with Crippen molar-refractivity contribution in [1.29, 1.82) is 0 Å². The molecule has 2 amide bonds. The van der Waals surface area contributed by atoms with Crippen molar-refractivity contribution in [3.05, 3.63) is 29.3 Å². The van der Waals surface area contributed by atoms with Gasteiger partial charge in [0.15, 0.2) is 0 Å². The van der Waals surface area contributed by atoms with E-state index in [-0.39, 0.29) is 23.8 Å². The number of rotatable bonds is 3. The molecule has 22 heavy (non-hydrogen) atoms. The van der Waals surface area contributed by atoms with Gasteiger partial charge in [0.1, 0.15) is 6.04 Å².